The highest BCUT2D eigenvalue weighted by Gasteiger charge is 2.23. The minimum atomic E-state index is -0.0190. The third-order valence-electron chi connectivity index (χ3n) is 3.61. The molecule has 0 unspecified atom stereocenters. The summed E-state index contributed by atoms with van der Waals surface area (Å²) in [5.41, 5.74) is 6.91. The van der Waals surface area contributed by atoms with Crippen LogP contribution in [0.2, 0.25) is 0 Å². The first kappa shape index (κ1) is 14.1. The van der Waals surface area contributed by atoms with Crippen LogP contribution in [-0.2, 0) is 4.79 Å². The Morgan fingerprint density at radius 3 is 2.76 bits per heavy atom. The molecule has 2 aliphatic heterocycles. The number of aryl methyl sites for hydroxylation is 1. The van der Waals surface area contributed by atoms with E-state index < -0.39 is 0 Å². The SMILES string of the molecule is Cc1ccc(N(C)C(=O)C2=CC3=C(Br)CNN3C=C2)cc1. The zero-order chi connectivity index (χ0) is 15.0. The number of allylic oxidation sites excluding steroid dienone is 1. The summed E-state index contributed by atoms with van der Waals surface area (Å²) in [6.45, 7) is 2.77. The fourth-order valence-electron chi connectivity index (χ4n) is 2.30. The van der Waals surface area contributed by atoms with Gasteiger partial charge in [-0.05, 0) is 31.2 Å². The lowest BCUT2D eigenvalue weighted by Crippen LogP contribution is -2.31. The number of halogens is 1. The molecule has 108 valence electrons. The molecule has 1 N–H and O–H groups in total. The fourth-order valence-corrected chi connectivity index (χ4v) is 2.74. The highest BCUT2D eigenvalue weighted by atomic mass is 79.9. The number of nitrogens with one attached hydrogen (secondary N) is 1. The second kappa shape index (κ2) is 5.50. The Balaban J connectivity index is 1.85. The van der Waals surface area contributed by atoms with E-state index in [1.165, 1.54) is 5.56 Å². The monoisotopic (exact) mass is 345 g/mol. The summed E-state index contributed by atoms with van der Waals surface area (Å²) < 4.78 is 1.05. The van der Waals surface area contributed by atoms with Gasteiger partial charge in [0, 0.05) is 35.5 Å². The van der Waals surface area contributed by atoms with Gasteiger partial charge in [-0.3, -0.25) is 9.80 Å². The predicted molar refractivity (Wildman–Crippen MR) is 87.6 cm³/mol. The van der Waals surface area contributed by atoms with Crippen LogP contribution in [0.5, 0.6) is 0 Å². The van der Waals surface area contributed by atoms with Crippen LogP contribution in [0, 0.1) is 6.92 Å². The summed E-state index contributed by atoms with van der Waals surface area (Å²) in [6, 6.07) is 7.93. The number of fused-ring (bicyclic) bond motifs is 1. The first-order valence-electron chi connectivity index (χ1n) is 6.72. The fraction of sp³-hybridized carbons (Fsp3) is 0.188. The Labute approximate surface area is 132 Å². The number of hydrogen-bond acceptors (Lipinski definition) is 3. The van der Waals surface area contributed by atoms with E-state index in [1.54, 1.807) is 11.9 Å². The highest BCUT2D eigenvalue weighted by Crippen LogP contribution is 2.27. The van der Waals surface area contributed by atoms with Crippen LogP contribution in [0.25, 0.3) is 0 Å². The normalized spacial score (nSPS) is 16.9. The highest BCUT2D eigenvalue weighted by molar-refractivity contribution is 9.11. The average molecular weight is 346 g/mol. The molecule has 0 saturated heterocycles. The van der Waals surface area contributed by atoms with Crippen LogP contribution < -0.4 is 10.3 Å². The summed E-state index contributed by atoms with van der Waals surface area (Å²) in [6.07, 6.45) is 5.60. The smallest absolute Gasteiger partial charge is 0.258 e. The van der Waals surface area contributed by atoms with E-state index in [1.807, 2.05) is 54.6 Å². The molecule has 0 spiro atoms. The summed E-state index contributed by atoms with van der Waals surface area (Å²) in [5.74, 6) is -0.0190. The number of rotatable bonds is 2. The van der Waals surface area contributed by atoms with Crippen molar-refractivity contribution < 1.29 is 4.79 Å². The van der Waals surface area contributed by atoms with Crippen LogP contribution in [0.3, 0.4) is 0 Å². The summed E-state index contributed by atoms with van der Waals surface area (Å²) in [5, 5.41) is 1.91. The zero-order valence-electron chi connectivity index (χ0n) is 11.9. The van der Waals surface area contributed by atoms with Gasteiger partial charge in [0.15, 0.2) is 0 Å². The number of amides is 1. The molecule has 0 bridgehead atoms. The minimum Gasteiger partial charge on any atom is -0.311 e. The van der Waals surface area contributed by atoms with Gasteiger partial charge in [0.25, 0.3) is 5.91 Å². The number of carbonyl (C=O) groups excluding carboxylic acids is 1. The Morgan fingerprint density at radius 1 is 1.33 bits per heavy atom. The molecule has 4 nitrogen and oxygen atoms in total. The van der Waals surface area contributed by atoms with Gasteiger partial charge in [-0.25, -0.2) is 5.43 Å². The average Bonchev–Trinajstić information content (AvgIpc) is 2.87. The molecule has 21 heavy (non-hydrogen) atoms. The molecule has 0 aliphatic carbocycles. The number of carbonyl (C=O) groups is 1. The zero-order valence-corrected chi connectivity index (χ0v) is 13.5. The molecular formula is C16H16BrN3O. The number of nitrogens with zero attached hydrogens (tertiary/aromatic N) is 2. The number of hydrogen-bond donors (Lipinski definition) is 1. The van der Waals surface area contributed by atoms with Crippen molar-refractivity contribution in [1.29, 1.82) is 0 Å². The van der Waals surface area contributed by atoms with Crippen molar-refractivity contribution in [2.75, 3.05) is 18.5 Å². The van der Waals surface area contributed by atoms with Crippen molar-refractivity contribution in [2.24, 2.45) is 0 Å². The van der Waals surface area contributed by atoms with E-state index in [-0.39, 0.29) is 5.91 Å². The van der Waals surface area contributed by atoms with Crippen LogP contribution in [0.4, 0.5) is 5.69 Å². The third-order valence-corrected chi connectivity index (χ3v) is 4.30. The Bertz CT molecular complexity index is 673. The molecule has 1 amide bonds. The van der Waals surface area contributed by atoms with Crippen LogP contribution in [0.1, 0.15) is 5.56 Å². The molecule has 2 heterocycles. The minimum absolute atomic E-state index is 0.0190. The molecule has 3 rings (SSSR count). The van der Waals surface area contributed by atoms with Crippen LogP contribution in [0.15, 0.2) is 58.4 Å². The van der Waals surface area contributed by atoms with E-state index >= 15 is 0 Å². The van der Waals surface area contributed by atoms with Gasteiger partial charge in [0.05, 0.1) is 5.70 Å². The molecule has 1 aromatic rings. The lowest BCUT2D eigenvalue weighted by molar-refractivity contribution is -0.114. The molecule has 0 fully saturated rings. The van der Waals surface area contributed by atoms with Crippen molar-refractivity contribution in [3.63, 3.8) is 0 Å². The quantitative estimate of drug-likeness (QED) is 0.895. The summed E-state index contributed by atoms with van der Waals surface area (Å²) in [7, 11) is 1.80. The Hall–Kier alpha value is -1.85. The van der Waals surface area contributed by atoms with E-state index in [4.69, 9.17) is 0 Å². The van der Waals surface area contributed by atoms with E-state index in [2.05, 4.69) is 21.4 Å². The largest absolute Gasteiger partial charge is 0.311 e. The molecule has 0 aromatic heterocycles. The number of benzene rings is 1. The van der Waals surface area contributed by atoms with Gasteiger partial charge in [-0.1, -0.05) is 33.6 Å². The second-order valence-corrected chi connectivity index (χ2v) is 6.07. The first-order valence-corrected chi connectivity index (χ1v) is 7.51. The maximum atomic E-state index is 12.6. The molecule has 1 aromatic carbocycles. The van der Waals surface area contributed by atoms with Crippen molar-refractivity contribution in [3.05, 3.63) is 63.9 Å². The molecule has 0 saturated carbocycles. The lowest BCUT2D eigenvalue weighted by Gasteiger charge is -2.23. The van der Waals surface area contributed by atoms with E-state index in [0.717, 1.165) is 22.4 Å². The Morgan fingerprint density at radius 2 is 2.05 bits per heavy atom. The maximum Gasteiger partial charge on any atom is 0.258 e. The first-order chi connectivity index (χ1) is 10.1. The van der Waals surface area contributed by atoms with Crippen molar-refractivity contribution in [1.82, 2.24) is 10.4 Å². The maximum absolute atomic E-state index is 12.6. The lowest BCUT2D eigenvalue weighted by atomic mass is 10.1. The standard InChI is InChI=1S/C16H16BrN3O/c1-11-3-5-13(6-4-11)19(2)16(21)12-7-8-20-15(9-12)14(17)10-18-20/h3-9,18H,10H2,1-2H3. The second-order valence-electron chi connectivity index (χ2n) is 5.11. The molecule has 0 radical (unpaired) electrons. The van der Waals surface area contributed by atoms with Gasteiger partial charge in [-0.15, -0.1) is 0 Å². The van der Waals surface area contributed by atoms with Gasteiger partial charge in [0.2, 0.25) is 0 Å². The number of hydrazine groups is 1. The summed E-state index contributed by atoms with van der Waals surface area (Å²) >= 11 is 3.52. The van der Waals surface area contributed by atoms with Gasteiger partial charge < -0.3 is 4.90 Å². The van der Waals surface area contributed by atoms with Crippen molar-refractivity contribution >= 4 is 27.5 Å². The molecule has 0 atom stereocenters. The van der Waals surface area contributed by atoms with Gasteiger partial charge in [-0.2, -0.15) is 0 Å². The van der Waals surface area contributed by atoms with Gasteiger partial charge in [0.1, 0.15) is 0 Å². The Kier molecular flexibility index (Phi) is 3.69. The topological polar surface area (TPSA) is 35.6 Å². The van der Waals surface area contributed by atoms with E-state index in [9.17, 15) is 4.79 Å². The number of likely N-dealkylation sites (N-methyl/N-ethyl adjacent to an activating group) is 1. The van der Waals surface area contributed by atoms with Crippen molar-refractivity contribution in [3.8, 4) is 0 Å². The van der Waals surface area contributed by atoms with Crippen LogP contribution in [-0.4, -0.2) is 24.5 Å². The molecular weight excluding hydrogens is 330 g/mol. The number of anilines is 1. The van der Waals surface area contributed by atoms with Gasteiger partial charge >= 0.3 is 0 Å². The molecule has 2 aliphatic rings. The molecule has 5 heteroatoms. The third kappa shape index (κ3) is 2.66. The van der Waals surface area contributed by atoms with Crippen LogP contribution >= 0.6 is 15.9 Å². The predicted octanol–water partition coefficient (Wildman–Crippen LogP) is 2.84. The summed E-state index contributed by atoms with van der Waals surface area (Å²) in [4.78, 5) is 14.3. The van der Waals surface area contributed by atoms with Crippen molar-refractivity contribution in [2.45, 2.75) is 6.92 Å². The van der Waals surface area contributed by atoms with E-state index in [0.29, 0.717) is 5.57 Å².